The molecule has 4 aromatic rings. The standard InChI is InChI=1S/C31H29N3O4S/c1-6-25-27(30(37)38-5)28(21-11-8-7-9-12-21)34-29(36)26(39-31(34)32-25)17-23-15-18(2)33(19(23)3)24-14-10-13-22(16-24)20(4)35/h7-17,28H,6H2,1-5H3/b26-17-/t28-/m0/s1. The molecule has 2 aromatic heterocycles. The molecule has 8 heteroatoms. The summed E-state index contributed by atoms with van der Waals surface area (Å²) >= 11 is 1.31. The zero-order chi connectivity index (χ0) is 27.8. The number of Topliss-reactive ketones (excluding diaryl/α,β-unsaturated/α-hetero) is 1. The Morgan fingerprint density at radius 1 is 1.08 bits per heavy atom. The minimum absolute atomic E-state index is 0.00591. The second kappa shape index (κ2) is 10.5. The van der Waals surface area contributed by atoms with Gasteiger partial charge in [-0.25, -0.2) is 9.79 Å². The highest BCUT2D eigenvalue weighted by atomic mass is 32.1. The van der Waals surface area contributed by atoms with Crippen LogP contribution in [0.3, 0.4) is 0 Å². The molecule has 0 N–H and O–H groups in total. The quantitative estimate of drug-likeness (QED) is 0.269. The minimum atomic E-state index is -0.631. The molecule has 0 saturated heterocycles. The fourth-order valence-electron chi connectivity index (χ4n) is 5.15. The number of benzene rings is 2. The number of carbonyl (C=O) groups is 2. The second-order valence-electron chi connectivity index (χ2n) is 9.47. The number of nitrogens with zero attached hydrogens (tertiary/aromatic N) is 3. The molecule has 3 heterocycles. The number of esters is 1. The van der Waals surface area contributed by atoms with Gasteiger partial charge in [0.05, 0.1) is 29.0 Å². The first-order valence-corrected chi connectivity index (χ1v) is 13.5. The normalized spacial score (nSPS) is 15.2. The van der Waals surface area contributed by atoms with E-state index in [-0.39, 0.29) is 11.3 Å². The Kier molecular flexibility index (Phi) is 7.06. The molecular weight excluding hydrogens is 510 g/mol. The van der Waals surface area contributed by atoms with Gasteiger partial charge < -0.3 is 9.30 Å². The van der Waals surface area contributed by atoms with E-state index in [0.717, 1.165) is 28.2 Å². The summed E-state index contributed by atoms with van der Waals surface area (Å²) in [5.74, 6) is -0.485. The second-order valence-corrected chi connectivity index (χ2v) is 10.5. The van der Waals surface area contributed by atoms with Crippen molar-refractivity contribution in [1.29, 1.82) is 0 Å². The Balaban J connectivity index is 1.70. The van der Waals surface area contributed by atoms with Crippen molar-refractivity contribution in [3.05, 3.63) is 120 Å². The lowest BCUT2D eigenvalue weighted by Gasteiger charge is -2.25. The van der Waals surface area contributed by atoms with Gasteiger partial charge in [0.25, 0.3) is 5.56 Å². The maximum Gasteiger partial charge on any atom is 0.338 e. The number of aromatic nitrogens is 2. The first-order valence-electron chi connectivity index (χ1n) is 12.7. The van der Waals surface area contributed by atoms with Crippen LogP contribution < -0.4 is 14.9 Å². The zero-order valence-electron chi connectivity index (χ0n) is 22.5. The molecule has 0 unspecified atom stereocenters. The summed E-state index contributed by atoms with van der Waals surface area (Å²) in [5.41, 5.74) is 5.95. The first kappa shape index (κ1) is 26.3. The predicted octanol–water partition coefficient (Wildman–Crippen LogP) is 4.41. The van der Waals surface area contributed by atoms with Gasteiger partial charge in [0.2, 0.25) is 0 Å². The minimum Gasteiger partial charge on any atom is -0.466 e. The molecule has 198 valence electrons. The molecule has 7 nitrogen and oxygen atoms in total. The van der Waals surface area contributed by atoms with Gasteiger partial charge >= 0.3 is 5.97 Å². The van der Waals surface area contributed by atoms with Crippen molar-refractivity contribution in [2.75, 3.05) is 7.11 Å². The number of ether oxygens (including phenoxy) is 1. The van der Waals surface area contributed by atoms with E-state index < -0.39 is 12.0 Å². The lowest BCUT2D eigenvalue weighted by atomic mass is 9.95. The van der Waals surface area contributed by atoms with E-state index in [9.17, 15) is 14.4 Å². The van der Waals surface area contributed by atoms with Gasteiger partial charge in [-0.1, -0.05) is 60.7 Å². The number of aryl methyl sites for hydroxylation is 1. The number of hydrogen-bond acceptors (Lipinski definition) is 6. The number of thiazole rings is 1. The van der Waals surface area contributed by atoms with E-state index in [2.05, 4.69) is 4.57 Å². The molecule has 5 rings (SSSR count). The molecule has 1 aliphatic heterocycles. The van der Waals surface area contributed by atoms with E-state index in [1.54, 1.807) is 17.6 Å². The summed E-state index contributed by atoms with van der Waals surface area (Å²) in [6, 6.07) is 18.4. The Morgan fingerprint density at radius 2 is 1.82 bits per heavy atom. The van der Waals surface area contributed by atoms with Crippen LogP contribution in [0.5, 0.6) is 0 Å². The van der Waals surface area contributed by atoms with Gasteiger partial charge in [-0.2, -0.15) is 0 Å². The third-order valence-corrected chi connectivity index (χ3v) is 8.02. The molecular formula is C31H29N3O4S. The molecule has 39 heavy (non-hydrogen) atoms. The summed E-state index contributed by atoms with van der Waals surface area (Å²) in [4.78, 5) is 44.1. The number of hydrogen-bond donors (Lipinski definition) is 0. The number of rotatable bonds is 6. The highest BCUT2D eigenvalue weighted by Crippen LogP contribution is 2.31. The van der Waals surface area contributed by atoms with Crippen molar-refractivity contribution >= 4 is 29.2 Å². The van der Waals surface area contributed by atoms with Crippen molar-refractivity contribution in [2.45, 2.75) is 40.2 Å². The number of allylic oxidation sites excluding steroid dienone is 1. The van der Waals surface area contributed by atoms with Crippen LogP contribution in [-0.4, -0.2) is 28.0 Å². The van der Waals surface area contributed by atoms with Crippen LogP contribution in [0.4, 0.5) is 0 Å². The summed E-state index contributed by atoms with van der Waals surface area (Å²) in [6.45, 7) is 7.48. The Bertz CT molecular complexity index is 1820. The molecule has 1 atom stereocenters. The largest absolute Gasteiger partial charge is 0.466 e. The molecule has 2 aromatic carbocycles. The number of carbonyl (C=O) groups excluding carboxylic acids is 2. The van der Waals surface area contributed by atoms with Gasteiger partial charge in [-0.05, 0) is 62.6 Å². The Labute approximate surface area is 230 Å². The maximum atomic E-state index is 13.9. The molecule has 1 aliphatic rings. The average Bonchev–Trinajstić information content (AvgIpc) is 3.41. The van der Waals surface area contributed by atoms with Crippen LogP contribution in [0, 0.1) is 13.8 Å². The van der Waals surface area contributed by atoms with Gasteiger partial charge in [0.15, 0.2) is 10.6 Å². The van der Waals surface area contributed by atoms with E-state index in [4.69, 9.17) is 9.73 Å². The van der Waals surface area contributed by atoms with E-state index in [1.165, 1.54) is 18.4 Å². The van der Waals surface area contributed by atoms with Gasteiger partial charge in [-0.15, -0.1) is 0 Å². The third-order valence-electron chi connectivity index (χ3n) is 7.03. The first-order chi connectivity index (χ1) is 18.7. The van der Waals surface area contributed by atoms with Crippen molar-refractivity contribution in [3.63, 3.8) is 0 Å². The summed E-state index contributed by atoms with van der Waals surface area (Å²) in [5, 5.41) is 0. The number of fused-ring (bicyclic) bond motifs is 1. The van der Waals surface area contributed by atoms with Gasteiger partial charge in [0, 0.05) is 22.6 Å². The van der Waals surface area contributed by atoms with Crippen molar-refractivity contribution < 1.29 is 14.3 Å². The van der Waals surface area contributed by atoms with Crippen molar-refractivity contribution in [2.24, 2.45) is 4.99 Å². The van der Waals surface area contributed by atoms with Crippen LogP contribution in [0.15, 0.2) is 81.7 Å². The molecule has 0 bridgehead atoms. The number of ketones is 1. The Hall–Kier alpha value is -4.30. The van der Waals surface area contributed by atoms with E-state index in [0.29, 0.717) is 32.6 Å². The smallest absolute Gasteiger partial charge is 0.338 e. The van der Waals surface area contributed by atoms with Crippen LogP contribution in [0.2, 0.25) is 0 Å². The van der Waals surface area contributed by atoms with Crippen molar-refractivity contribution in [3.8, 4) is 5.69 Å². The van der Waals surface area contributed by atoms with Crippen LogP contribution in [0.1, 0.15) is 59.2 Å². The predicted molar refractivity (Wildman–Crippen MR) is 152 cm³/mol. The summed E-state index contributed by atoms with van der Waals surface area (Å²) in [6.07, 6.45) is 2.41. The van der Waals surface area contributed by atoms with Crippen molar-refractivity contribution in [1.82, 2.24) is 9.13 Å². The third kappa shape index (κ3) is 4.61. The zero-order valence-corrected chi connectivity index (χ0v) is 23.3. The summed E-state index contributed by atoms with van der Waals surface area (Å²) in [7, 11) is 1.34. The fourth-order valence-corrected chi connectivity index (χ4v) is 6.16. The molecule has 0 aliphatic carbocycles. The lowest BCUT2D eigenvalue weighted by Crippen LogP contribution is -2.40. The highest BCUT2D eigenvalue weighted by molar-refractivity contribution is 7.07. The van der Waals surface area contributed by atoms with Crippen LogP contribution in [0.25, 0.3) is 11.8 Å². The Morgan fingerprint density at radius 3 is 2.49 bits per heavy atom. The molecule has 0 spiro atoms. The summed E-state index contributed by atoms with van der Waals surface area (Å²) < 4.78 is 9.33. The fraction of sp³-hybridized carbons (Fsp3) is 0.226. The van der Waals surface area contributed by atoms with Crippen LogP contribution in [-0.2, 0) is 9.53 Å². The topological polar surface area (TPSA) is 82.7 Å². The van der Waals surface area contributed by atoms with E-state index in [1.807, 2.05) is 81.4 Å². The maximum absolute atomic E-state index is 13.9. The van der Waals surface area contributed by atoms with Crippen LogP contribution >= 0.6 is 11.3 Å². The molecule has 0 amide bonds. The van der Waals surface area contributed by atoms with Gasteiger partial charge in [0.1, 0.15) is 0 Å². The molecule has 0 saturated carbocycles. The van der Waals surface area contributed by atoms with Gasteiger partial charge in [-0.3, -0.25) is 14.2 Å². The number of methoxy groups -OCH3 is 1. The molecule has 0 radical (unpaired) electrons. The lowest BCUT2D eigenvalue weighted by molar-refractivity contribution is -0.136. The SMILES string of the molecule is CCC1=C(C(=O)OC)[C@H](c2ccccc2)n2c(s/c(=C\c3cc(C)n(-c4cccc(C(C)=O)c4)c3C)c2=O)=N1. The van der Waals surface area contributed by atoms with E-state index >= 15 is 0 Å². The highest BCUT2D eigenvalue weighted by Gasteiger charge is 2.33. The molecule has 0 fully saturated rings. The monoisotopic (exact) mass is 539 g/mol. The average molecular weight is 540 g/mol.